The lowest BCUT2D eigenvalue weighted by Crippen LogP contribution is -2.25. The third kappa shape index (κ3) is 4.01. The number of rotatable bonds is 6. The van der Waals surface area contributed by atoms with Gasteiger partial charge in [-0.3, -0.25) is 14.9 Å². The van der Waals surface area contributed by atoms with Crippen molar-refractivity contribution in [3.8, 4) is 0 Å². The molecule has 0 aliphatic rings. The first-order valence-corrected chi connectivity index (χ1v) is 6.20. The molecule has 19 heavy (non-hydrogen) atoms. The minimum absolute atomic E-state index is 0.0907. The van der Waals surface area contributed by atoms with E-state index in [9.17, 15) is 19.3 Å². The van der Waals surface area contributed by atoms with Crippen LogP contribution in [0.2, 0.25) is 0 Å². The molecule has 0 unspecified atom stereocenters. The van der Waals surface area contributed by atoms with Gasteiger partial charge in [0.15, 0.2) is 0 Å². The van der Waals surface area contributed by atoms with Crippen LogP contribution in [0.15, 0.2) is 12.1 Å². The lowest BCUT2D eigenvalue weighted by Gasteiger charge is -2.07. The lowest BCUT2D eigenvalue weighted by molar-refractivity contribution is -0.385. The highest BCUT2D eigenvalue weighted by atomic mass is 19.1. The van der Waals surface area contributed by atoms with Crippen LogP contribution in [0, 0.1) is 22.9 Å². The Hall–Kier alpha value is -1.98. The van der Waals surface area contributed by atoms with Crippen molar-refractivity contribution in [1.29, 1.82) is 0 Å². The summed E-state index contributed by atoms with van der Waals surface area (Å²) in [6, 6.07) is 2.08. The molecule has 0 aliphatic carbocycles. The number of unbranched alkanes of at least 4 members (excludes halogenated alkanes) is 2. The first kappa shape index (κ1) is 15.1. The second-order valence-corrected chi connectivity index (χ2v) is 4.34. The van der Waals surface area contributed by atoms with Crippen molar-refractivity contribution >= 4 is 11.6 Å². The standard InChI is InChI=1S/C13H17FN2O3/c1-3-4-5-6-15-13(17)11-8-10(16(18)19)7-9(2)12(11)14/h7-8H,3-6H2,1-2H3,(H,15,17). The average Bonchev–Trinajstić information content (AvgIpc) is 2.37. The molecule has 1 aromatic carbocycles. The van der Waals surface area contributed by atoms with Crippen molar-refractivity contribution in [2.24, 2.45) is 0 Å². The van der Waals surface area contributed by atoms with Gasteiger partial charge in [0.2, 0.25) is 0 Å². The Morgan fingerprint density at radius 3 is 2.68 bits per heavy atom. The van der Waals surface area contributed by atoms with Crippen LogP contribution in [0.4, 0.5) is 10.1 Å². The van der Waals surface area contributed by atoms with Crippen LogP contribution >= 0.6 is 0 Å². The number of aryl methyl sites for hydroxylation is 1. The summed E-state index contributed by atoms with van der Waals surface area (Å²) in [5.74, 6) is -1.32. The zero-order chi connectivity index (χ0) is 14.4. The fourth-order valence-corrected chi connectivity index (χ4v) is 1.69. The largest absolute Gasteiger partial charge is 0.352 e. The fraction of sp³-hybridized carbons (Fsp3) is 0.462. The molecule has 6 heteroatoms. The SMILES string of the molecule is CCCCCNC(=O)c1cc([N+](=O)[O-])cc(C)c1F. The first-order chi connectivity index (χ1) is 8.97. The summed E-state index contributed by atoms with van der Waals surface area (Å²) in [5.41, 5.74) is -0.464. The van der Waals surface area contributed by atoms with Gasteiger partial charge >= 0.3 is 0 Å². The fourth-order valence-electron chi connectivity index (χ4n) is 1.69. The molecule has 0 fully saturated rings. The molecule has 0 saturated carbocycles. The molecule has 1 rings (SSSR count). The Labute approximate surface area is 111 Å². The number of carbonyl (C=O) groups is 1. The minimum Gasteiger partial charge on any atom is -0.352 e. The summed E-state index contributed by atoms with van der Waals surface area (Å²) in [5, 5.41) is 13.3. The molecular weight excluding hydrogens is 251 g/mol. The van der Waals surface area contributed by atoms with E-state index in [2.05, 4.69) is 5.32 Å². The number of hydrogen-bond donors (Lipinski definition) is 1. The van der Waals surface area contributed by atoms with Crippen LogP contribution in [-0.2, 0) is 0 Å². The average molecular weight is 268 g/mol. The van der Waals surface area contributed by atoms with Crippen LogP contribution in [0.5, 0.6) is 0 Å². The topological polar surface area (TPSA) is 72.2 Å². The molecule has 1 aromatic rings. The molecule has 5 nitrogen and oxygen atoms in total. The second kappa shape index (κ2) is 6.82. The van der Waals surface area contributed by atoms with Crippen LogP contribution in [-0.4, -0.2) is 17.4 Å². The zero-order valence-corrected chi connectivity index (χ0v) is 11.0. The van der Waals surface area contributed by atoms with Crippen molar-refractivity contribution in [2.45, 2.75) is 33.1 Å². The summed E-state index contributed by atoms with van der Waals surface area (Å²) < 4.78 is 13.8. The van der Waals surface area contributed by atoms with Crippen LogP contribution < -0.4 is 5.32 Å². The smallest absolute Gasteiger partial charge is 0.270 e. The third-order valence-corrected chi connectivity index (χ3v) is 2.76. The number of amides is 1. The van der Waals surface area contributed by atoms with Gasteiger partial charge in [-0.15, -0.1) is 0 Å². The summed E-state index contributed by atoms with van der Waals surface area (Å²) in [4.78, 5) is 21.8. The van der Waals surface area contributed by atoms with Gasteiger partial charge in [0.25, 0.3) is 11.6 Å². The molecule has 0 atom stereocenters. The molecule has 0 bridgehead atoms. The quantitative estimate of drug-likeness (QED) is 0.489. The number of carbonyl (C=O) groups excluding carboxylic acids is 1. The molecule has 1 N–H and O–H groups in total. The Morgan fingerprint density at radius 2 is 2.11 bits per heavy atom. The van der Waals surface area contributed by atoms with E-state index in [0.717, 1.165) is 31.4 Å². The maximum atomic E-state index is 13.8. The Balaban J connectivity index is 2.86. The van der Waals surface area contributed by atoms with Gasteiger partial charge in [-0.2, -0.15) is 0 Å². The highest BCUT2D eigenvalue weighted by molar-refractivity contribution is 5.95. The molecule has 0 aromatic heterocycles. The Kier molecular flexibility index (Phi) is 5.41. The maximum Gasteiger partial charge on any atom is 0.270 e. The van der Waals surface area contributed by atoms with E-state index in [4.69, 9.17) is 0 Å². The van der Waals surface area contributed by atoms with Gasteiger partial charge in [-0.1, -0.05) is 19.8 Å². The van der Waals surface area contributed by atoms with Gasteiger partial charge in [0.1, 0.15) is 5.82 Å². The monoisotopic (exact) mass is 268 g/mol. The van der Waals surface area contributed by atoms with Crippen molar-refractivity contribution in [3.63, 3.8) is 0 Å². The van der Waals surface area contributed by atoms with Gasteiger partial charge < -0.3 is 5.32 Å². The van der Waals surface area contributed by atoms with Gasteiger partial charge in [0, 0.05) is 18.7 Å². The Morgan fingerprint density at radius 1 is 1.42 bits per heavy atom. The Bertz CT molecular complexity index is 489. The van der Waals surface area contributed by atoms with Gasteiger partial charge in [-0.25, -0.2) is 4.39 Å². The van der Waals surface area contributed by atoms with E-state index < -0.39 is 16.6 Å². The predicted octanol–water partition coefficient (Wildman–Crippen LogP) is 2.96. The van der Waals surface area contributed by atoms with Crippen molar-refractivity contribution in [3.05, 3.63) is 39.2 Å². The normalized spacial score (nSPS) is 10.3. The summed E-state index contributed by atoms with van der Waals surface area (Å²) in [6.45, 7) is 3.87. The van der Waals surface area contributed by atoms with E-state index in [-0.39, 0.29) is 16.8 Å². The van der Waals surface area contributed by atoms with Crippen LogP contribution in [0.1, 0.15) is 42.1 Å². The third-order valence-electron chi connectivity index (χ3n) is 2.76. The summed E-state index contributed by atoms with van der Waals surface area (Å²) in [7, 11) is 0. The van der Waals surface area contributed by atoms with E-state index in [1.165, 1.54) is 6.92 Å². The molecule has 1 amide bonds. The zero-order valence-electron chi connectivity index (χ0n) is 11.0. The lowest BCUT2D eigenvalue weighted by atomic mass is 10.1. The van der Waals surface area contributed by atoms with Crippen molar-refractivity contribution in [1.82, 2.24) is 5.32 Å². The molecule has 0 aliphatic heterocycles. The van der Waals surface area contributed by atoms with Crippen molar-refractivity contribution < 1.29 is 14.1 Å². The molecule has 0 saturated heterocycles. The van der Waals surface area contributed by atoms with Crippen LogP contribution in [0.3, 0.4) is 0 Å². The molecule has 0 spiro atoms. The van der Waals surface area contributed by atoms with Crippen LogP contribution in [0.25, 0.3) is 0 Å². The molecule has 0 heterocycles. The first-order valence-electron chi connectivity index (χ1n) is 6.20. The predicted molar refractivity (Wildman–Crippen MR) is 69.6 cm³/mol. The summed E-state index contributed by atoms with van der Waals surface area (Å²) >= 11 is 0. The van der Waals surface area contributed by atoms with E-state index in [0.29, 0.717) is 6.54 Å². The minimum atomic E-state index is -0.710. The number of nitro groups is 1. The number of hydrogen-bond acceptors (Lipinski definition) is 3. The number of nitrogens with one attached hydrogen (secondary N) is 1. The van der Waals surface area contributed by atoms with Crippen molar-refractivity contribution in [2.75, 3.05) is 6.54 Å². The van der Waals surface area contributed by atoms with E-state index >= 15 is 0 Å². The number of benzene rings is 1. The summed E-state index contributed by atoms with van der Waals surface area (Å²) in [6.07, 6.45) is 2.79. The number of nitrogens with zero attached hydrogens (tertiary/aromatic N) is 1. The van der Waals surface area contributed by atoms with Gasteiger partial charge in [0.05, 0.1) is 10.5 Å². The number of non-ortho nitro benzene ring substituents is 1. The molecule has 104 valence electrons. The van der Waals surface area contributed by atoms with E-state index in [1.54, 1.807) is 0 Å². The highest BCUT2D eigenvalue weighted by Gasteiger charge is 2.19. The number of nitro benzene ring substituents is 1. The van der Waals surface area contributed by atoms with Gasteiger partial charge in [-0.05, 0) is 18.9 Å². The molecular formula is C13H17FN2O3. The second-order valence-electron chi connectivity index (χ2n) is 4.34. The highest BCUT2D eigenvalue weighted by Crippen LogP contribution is 2.20. The molecule has 0 radical (unpaired) electrons. The maximum absolute atomic E-state index is 13.8. The number of halogens is 1. The van der Waals surface area contributed by atoms with E-state index in [1.807, 2.05) is 6.92 Å².